The molecule has 2 aromatic rings. The Morgan fingerprint density at radius 3 is 1.43 bits per heavy atom. The highest BCUT2D eigenvalue weighted by atomic mass is 33.1. The van der Waals surface area contributed by atoms with E-state index in [4.69, 9.17) is 0 Å². The Morgan fingerprint density at radius 1 is 0.652 bits per heavy atom. The summed E-state index contributed by atoms with van der Waals surface area (Å²) in [5, 5.41) is 28.6. The van der Waals surface area contributed by atoms with Crippen molar-refractivity contribution in [3.8, 4) is 0 Å². The summed E-state index contributed by atoms with van der Waals surface area (Å²) in [5.41, 5.74) is 1.45. The monoisotopic (exact) mass is 696 g/mol. The van der Waals surface area contributed by atoms with E-state index in [1.165, 1.54) is 53.0 Å². The summed E-state index contributed by atoms with van der Waals surface area (Å²) in [5.74, 6) is -1.19. The highest BCUT2D eigenvalue weighted by Gasteiger charge is 2.87. The molecule has 2 aromatic carbocycles. The molecule has 0 saturated carbocycles. The molecule has 4 N–H and O–H groups in total. The number of piperazine rings is 2. The second kappa shape index (κ2) is 8.26. The van der Waals surface area contributed by atoms with Crippen LogP contribution in [0.1, 0.15) is 24.0 Å². The summed E-state index contributed by atoms with van der Waals surface area (Å²) < 4.78 is 0. The molecule has 0 radical (unpaired) electrons. The fraction of sp³-hybridized carbons (Fsp3) is 0.467. The summed E-state index contributed by atoms with van der Waals surface area (Å²) in [4.78, 5) is 59.0. The molecule has 0 aliphatic carbocycles. The Hall–Kier alpha value is -2.76. The quantitative estimate of drug-likeness (QED) is 0.344. The van der Waals surface area contributed by atoms with Crippen LogP contribution >= 0.6 is 43.2 Å². The Balaban J connectivity index is 1.29. The number of aliphatic hydroxyl groups excluding tert-OH is 2. The molecule has 8 fully saturated rings. The lowest BCUT2D eigenvalue weighted by molar-refractivity contribution is -0.166. The van der Waals surface area contributed by atoms with E-state index in [0.29, 0.717) is 0 Å². The van der Waals surface area contributed by atoms with Crippen molar-refractivity contribution in [2.75, 3.05) is 37.9 Å². The minimum atomic E-state index is -1.47. The molecule has 4 amide bonds. The van der Waals surface area contributed by atoms with Crippen molar-refractivity contribution in [1.82, 2.24) is 19.6 Å². The highest BCUT2D eigenvalue weighted by molar-refractivity contribution is 8.78. The zero-order valence-electron chi connectivity index (χ0n) is 24.6. The summed E-state index contributed by atoms with van der Waals surface area (Å²) >= 11 is 0. The highest BCUT2D eigenvalue weighted by Crippen LogP contribution is 2.78. The van der Waals surface area contributed by atoms with E-state index < -0.39 is 55.9 Å². The number of carbonyl (C=O) groups excluding carboxylic acids is 4. The average Bonchev–Trinajstić information content (AvgIpc) is 3.75. The van der Waals surface area contributed by atoms with Crippen molar-refractivity contribution in [3.63, 3.8) is 0 Å². The molecule has 8 atom stereocenters. The van der Waals surface area contributed by atoms with E-state index >= 15 is 0 Å². The van der Waals surface area contributed by atoms with Gasteiger partial charge in [-0.2, -0.15) is 0 Å². The maximum Gasteiger partial charge on any atom is 0.265 e. The van der Waals surface area contributed by atoms with Gasteiger partial charge in [-0.15, -0.1) is 0 Å². The minimum Gasteiger partial charge on any atom is -0.392 e. The number of benzene rings is 2. The maximum atomic E-state index is 14.7. The number of rotatable bonds is 3. The van der Waals surface area contributed by atoms with Crippen molar-refractivity contribution in [3.05, 3.63) is 59.7 Å². The Labute approximate surface area is 279 Å². The third-order valence-corrected chi connectivity index (χ3v) is 19.3. The van der Waals surface area contributed by atoms with Gasteiger partial charge in [0, 0.05) is 38.3 Å². The van der Waals surface area contributed by atoms with Crippen molar-refractivity contribution in [1.29, 1.82) is 0 Å². The predicted molar refractivity (Wildman–Crippen MR) is 175 cm³/mol. The first-order valence-corrected chi connectivity index (χ1v) is 19.3. The molecule has 46 heavy (non-hydrogen) atoms. The molecule has 2 spiro atoms. The largest absolute Gasteiger partial charge is 0.392 e. The fourth-order valence-electron chi connectivity index (χ4n) is 9.92. The summed E-state index contributed by atoms with van der Waals surface area (Å²) in [6, 6.07) is 15.8. The van der Waals surface area contributed by atoms with Crippen molar-refractivity contribution in [2.24, 2.45) is 0 Å². The molecule has 10 aliphatic rings. The van der Waals surface area contributed by atoms with Gasteiger partial charge < -0.3 is 30.6 Å². The van der Waals surface area contributed by atoms with Crippen LogP contribution in [0.3, 0.4) is 0 Å². The number of likely N-dealkylation sites (N-methyl/N-ethyl adjacent to an activating group) is 2. The van der Waals surface area contributed by atoms with Gasteiger partial charge in [0.05, 0.1) is 24.0 Å². The van der Waals surface area contributed by atoms with Crippen LogP contribution in [-0.4, -0.2) is 113 Å². The number of para-hydroxylation sites is 2. The van der Waals surface area contributed by atoms with Crippen LogP contribution < -0.4 is 10.6 Å². The average molecular weight is 697 g/mol. The van der Waals surface area contributed by atoms with Gasteiger partial charge in [-0.25, -0.2) is 0 Å². The first kappa shape index (κ1) is 28.3. The van der Waals surface area contributed by atoms with Gasteiger partial charge in [-0.1, -0.05) is 58.0 Å². The molecule has 4 bridgehead atoms. The van der Waals surface area contributed by atoms with Gasteiger partial charge in [-0.05, 0) is 44.8 Å². The van der Waals surface area contributed by atoms with Gasteiger partial charge in [0.15, 0.2) is 9.74 Å². The van der Waals surface area contributed by atoms with E-state index in [-0.39, 0.29) is 36.5 Å². The zero-order chi connectivity index (χ0) is 31.8. The van der Waals surface area contributed by atoms with Crippen LogP contribution in [0.25, 0.3) is 0 Å². The van der Waals surface area contributed by atoms with E-state index in [1.807, 2.05) is 48.5 Å². The second-order valence-corrected chi connectivity index (χ2v) is 18.7. The van der Waals surface area contributed by atoms with E-state index in [9.17, 15) is 29.4 Å². The molecular formula is C30H28N6O6S4. The molecular weight excluding hydrogens is 669 g/mol. The molecule has 238 valence electrons. The number of hydrogen-bond acceptors (Lipinski definition) is 12. The van der Waals surface area contributed by atoms with Crippen molar-refractivity contribution < 1.29 is 29.4 Å². The van der Waals surface area contributed by atoms with Gasteiger partial charge in [0.2, 0.25) is 9.74 Å². The molecule has 12 nitrogen and oxygen atoms in total. The van der Waals surface area contributed by atoms with Crippen molar-refractivity contribution in [2.45, 2.75) is 55.5 Å². The SMILES string of the molecule is CN1C(=O)[C@]23C[C@]4([C@@]56C[C@]78SS[C@](CO)(C(=O)N7[C@@H]5Nc5ccccc56)N(C)C8=O)c5ccccc5N[C@@H]4N2C(=O)[C@]1(CO)SS3. The summed E-state index contributed by atoms with van der Waals surface area (Å²) in [7, 11) is 8.28. The smallest absolute Gasteiger partial charge is 0.265 e. The normalized spacial score (nSPS) is 43.7. The molecule has 10 aliphatic heterocycles. The molecule has 0 unspecified atom stereocenters. The number of anilines is 2. The predicted octanol–water partition coefficient (Wildman–Crippen LogP) is 1.33. The Kier molecular flexibility index (Phi) is 5.08. The van der Waals surface area contributed by atoms with Gasteiger partial charge in [-0.3, -0.25) is 29.0 Å². The number of amides is 4. The number of fused-ring (bicyclic) bond motifs is 11. The number of aliphatic hydroxyl groups is 2. The third kappa shape index (κ3) is 2.48. The van der Waals surface area contributed by atoms with Crippen LogP contribution in [0.15, 0.2) is 48.5 Å². The third-order valence-electron chi connectivity index (χ3n) is 12.0. The number of nitrogens with zero attached hydrogens (tertiary/aromatic N) is 4. The van der Waals surface area contributed by atoms with Crippen LogP contribution in [0.2, 0.25) is 0 Å². The van der Waals surface area contributed by atoms with Crippen molar-refractivity contribution >= 4 is 78.2 Å². The Morgan fingerprint density at radius 2 is 1.04 bits per heavy atom. The maximum absolute atomic E-state index is 14.7. The summed E-state index contributed by atoms with van der Waals surface area (Å²) in [6.07, 6.45) is -1.01. The zero-order valence-corrected chi connectivity index (χ0v) is 27.8. The number of nitrogens with one attached hydrogen (secondary N) is 2. The lowest BCUT2D eigenvalue weighted by Crippen LogP contribution is -2.77. The van der Waals surface area contributed by atoms with Crippen LogP contribution in [0, 0.1) is 0 Å². The van der Waals surface area contributed by atoms with Crippen LogP contribution in [-0.2, 0) is 30.0 Å². The lowest BCUT2D eigenvalue weighted by Gasteiger charge is -2.57. The topological polar surface area (TPSA) is 146 Å². The standard InChI is InChI=1S/C30H28N6O6S4/c1-33-21(39)27-11-25(15-7-3-5-9-17(15)31-19(25)35(27)23(41)29(33,13-37)45-43-27)26-12-28-22(40)34(2)30(14-38,46-44-28)24(42)36(28)20(26)32-18-10-6-4-8-16(18)26/h3-10,19-20,31-32,37-38H,11-14H2,1-2H3/t19-,20+,25+,26-,27-,28-,29+,30-/m1/s1. The van der Waals surface area contributed by atoms with Crippen LogP contribution in [0.4, 0.5) is 11.4 Å². The molecule has 10 heterocycles. The van der Waals surface area contributed by atoms with E-state index in [0.717, 1.165) is 22.5 Å². The molecule has 16 heteroatoms. The first-order chi connectivity index (χ1) is 22.1. The lowest BCUT2D eigenvalue weighted by atomic mass is 9.54. The van der Waals surface area contributed by atoms with Crippen LogP contribution in [0.5, 0.6) is 0 Å². The minimum absolute atomic E-state index is 0.223. The number of hydrogen-bond donors (Lipinski definition) is 4. The summed E-state index contributed by atoms with van der Waals surface area (Å²) in [6.45, 7) is -1.07. The Bertz CT molecular complexity index is 1740. The van der Waals surface area contributed by atoms with Gasteiger partial charge in [0.1, 0.15) is 12.3 Å². The molecule has 0 aromatic heterocycles. The van der Waals surface area contributed by atoms with Gasteiger partial charge >= 0.3 is 0 Å². The molecule has 8 saturated heterocycles. The molecule has 12 rings (SSSR count). The van der Waals surface area contributed by atoms with E-state index in [2.05, 4.69) is 10.6 Å². The fourth-order valence-corrected chi connectivity index (χ4v) is 17.2. The van der Waals surface area contributed by atoms with Gasteiger partial charge in [0.25, 0.3) is 23.6 Å². The van der Waals surface area contributed by atoms with E-state index in [1.54, 1.807) is 23.9 Å². The number of carbonyl (C=O) groups is 4. The second-order valence-electron chi connectivity index (χ2n) is 13.3. The first-order valence-electron chi connectivity index (χ1n) is 15.0.